The summed E-state index contributed by atoms with van der Waals surface area (Å²) in [6.07, 6.45) is 4.32. The van der Waals surface area contributed by atoms with Gasteiger partial charge in [0, 0.05) is 17.5 Å². The first-order valence-corrected chi connectivity index (χ1v) is 6.81. The smallest absolute Gasteiger partial charge is 0.218 e. The standard InChI is InChI=1S/C19H14N.BrH/c1-2-8-15(9-3-1)18-14-20-13-7-6-12-19(20)17-11-5-4-10-16(17)18;/h1-14H;1H/q+1;/p-1. The lowest BCUT2D eigenvalue weighted by Gasteiger charge is -2.05. The number of rotatable bonds is 1. The van der Waals surface area contributed by atoms with E-state index in [4.69, 9.17) is 0 Å². The summed E-state index contributed by atoms with van der Waals surface area (Å²) in [4.78, 5) is 0. The van der Waals surface area contributed by atoms with E-state index in [1.165, 1.54) is 27.4 Å². The fraction of sp³-hybridized carbons (Fsp3) is 0. The summed E-state index contributed by atoms with van der Waals surface area (Å²) in [6, 6.07) is 25.5. The maximum atomic E-state index is 2.22. The molecule has 0 aliphatic heterocycles. The van der Waals surface area contributed by atoms with Crippen molar-refractivity contribution in [3.63, 3.8) is 0 Å². The zero-order valence-electron chi connectivity index (χ0n) is 11.4. The van der Waals surface area contributed by atoms with Gasteiger partial charge in [-0.15, -0.1) is 0 Å². The normalized spacial score (nSPS) is 10.5. The maximum absolute atomic E-state index is 2.22. The zero-order valence-corrected chi connectivity index (χ0v) is 13.0. The van der Waals surface area contributed by atoms with Crippen LogP contribution in [-0.2, 0) is 0 Å². The number of hydrogen-bond acceptors (Lipinski definition) is 0. The third kappa shape index (κ3) is 2.32. The predicted molar refractivity (Wildman–Crippen MR) is 82.5 cm³/mol. The van der Waals surface area contributed by atoms with Gasteiger partial charge in [0.1, 0.15) is 0 Å². The van der Waals surface area contributed by atoms with Gasteiger partial charge in [0.25, 0.3) is 0 Å². The van der Waals surface area contributed by atoms with Crippen molar-refractivity contribution in [2.45, 2.75) is 0 Å². The van der Waals surface area contributed by atoms with E-state index in [2.05, 4.69) is 89.6 Å². The molecule has 0 atom stereocenters. The molecule has 2 heterocycles. The molecule has 1 nitrogen and oxygen atoms in total. The Morgan fingerprint density at radius 1 is 0.619 bits per heavy atom. The van der Waals surface area contributed by atoms with Gasteiger partial charge in [0.15, 0.2) is 12.4 Å². The highest BCUT2D eigenvalue weighted by Gasteiger charge is 2.13. The van der Waals surface area contributed by atoms with E-state index in [0.717, 1.165) is 0 Å². The van der Waals surface area contributed by atoms with Crippen molar-refractivity contribution in [2.24, 2.45) is 0 Å². The van der Waals surface area contributed by atoms with Gasteiger partial charge >= 0.3 is 0 Å². The first kappa shape index (κ1) is 13.8. The highest BCUT2D eigenvalue weighted by atomic mass is 79.9. The Balaban J connectivity index is 0.00000132. The van der Waals surface area contributed by atoms with Crippen LogP contribution >= 0.6 is 0 Å². The third-order valence-corrected chi connectivity index (χ3v) is 3.74. The summed E-state index contributed by atoms with van der Waals surface area (Å²) in [7, 11) is 0. The van der Waals surface area contributed by atoms with Crippen molar-refractivity contribution in [3.8, 4) is 11.1 Å². The van der Waals surface area contributed by atoms with Crippen molar-refractivity contribution in [1.29, 1.82) is 0 Å². The van der Waals surface area contributed by atoms with Crippen molar-refractivity contribution >= 4 is 16.3 Å². The quantitative estimate of drug-likeness (QED) is 0.364. The minimum atomic E-state index is 0. The molecule has 0 spiro atoms. The van der Waals surface area contributed by atoms with Gasteiger partial charge in [-0.2, -0.15) is 4.40 Å². The lowest BCUT2D eigenvalue weighted by Crippen LogP contribution is -3.00. The molecule has 0 amide bonds. The first-order valence-electron chi connectivity index (χ1n) is 6.81. The van der Waals surface area contributed by atoms with E-state index in [9.17, 15) is 0 Å². The van der Waals surface area contributed by atoms with Gasteiger partial charge < -0.3 is 17.0 Å². The Bertz CT molecular complexity index is 901. The summed E-state index contributed by atoms with van der Waals surface area (Å²) in [5.41, 5.74) is 3.76. The van der Waals surface area contributed by atoms with Crippen molar-refractivity contribution in [2.75, 3.05) is 0 Å². The molecule has 2 aromatic carbocycles. The molecule has 0 fully saturated rings. The highest BCUT2D eigenvalue weighted by Crippen LogP contribution is 2.28. The summed E-state index contributed by atoms with van der Waals surface area (Å²) in [6.45, 7) is 0. The van der Waals surface area contributed by atoms with Crippen LogP contribution in [0.3, 0.4) is 0 Å². The number of nitrogens with zero attached hydrogens (tertiary/aromatic N) is 1. The highest BCUT2D eigenvalue weighted by molar-refractivity contribution is 6.02. The fourth-order valence-electron chi connectivity index (χ4n) is 2.79. The van der Waals surface area contributed by atoms with Gasteiger partial charge in [0.05, 0.1) is 10.9 Å². The molecule has 4 rings (SSSR count). The fourth-order valence-corrected chi connectivity index (χ4v) is 2.79. The van der Waals surface area contributed by atoms with E-state index in [1.54, 1.807) is 0 Å². The number of aromatic nitrogens is 1. The Labute approximate surface area is 134 Å². The molecule has 2 heteroatoms. The molecule has 0 N–H and O–H groups in total. The SMILES string of the molecule is [Br-].c1ccc(-c2c[n+]3ccccc3c3ccccc23)cc1. The Kier molecular flexibility index (Phi) is 3.72. The molecule has 0 bridgehead atoms. The summed E-state index contributed by atoms with van der Waals surface area (Å²) in [5.74, 6) is 0. The molecule has 0 aliphatic rings. The number of hydrogen-bond donors (Lipinski definition) is 0. The van der Waals surface area contributed by atoms with Crippen molar-refractivity contribution in [1.82, 2.24) is 0 Å². The Morgan fingerprint density at radius 2 is 1.29 bits per heavy atom. The lowest BCUT2D eigenvalue weighted by molar-refractivity contribution is -0.510. The monoisotopic (exact) mass is 335 g/mol. The predicted octanol–water partition coefficient (Wildman–Crippen LogP) is 1.25. The largest absolute Gasteiger partial charge is 1.00 e. The maximum Gasteiger partial charge on any atom is 0.218 e. The minimum absolute atomic E-state index is 0. The van der Waals surface area contributed by atoms with Gasteiger partial charge in [-0.1, -0.05) is 48.5 Å². The van der Waals surface area contributed by atoms with E-state index < -0.39 is 0 Å². The summed E-state index contributed by atoms with van der Waals surface area (Å²) in [5, 5.41) is 2.58. The van der Waals surface area contributed by atoms with Crippen LogP contribution in [0.4, 0.5) is 0 Å². The van der Waals surface area contributed by atoms with Gasteiger partial charge in [0.2, 0.25) is 5.52 Å². The molecular formula is C19H14BrN. The molecule has 21 heavy (non-hydrogen) atoms. The Hall–Kier alpha value is -2.19. The van der Waals surface area contributed by atoms with E-state index >= 15 is 0 Å². The third-order valence-electron chi connectivity index (χ3n) is 3.74. The lowest BCUT2D eigenvalue weighted by atomic mass is 9.99. The van der Waals surface area contributed by atoms with Crippen LogP contribution in [0.2, 0.25) is 0 Å². The number of fused-ring (bicyclic) bond motifs is 3. The second-order valence-corrected chi connectivity index (χ2v) is 4.95. The van der Waals surface area contributed by atoms with Gasteiger partial charge in [-0.05, 0) is 17.7 Å². The molecule has 0 radical (unpaired) electrons. The second kappa shape index (κ2) is 5.66. The number of halogens is 1. The minimum Gasteiger partial charge on any atom is -1.00 e. The average molecular weight is 336 g/mol. The summed E-state index contributed by atoms with van der Waals surface area (Å²) < 4.78 is 2.20. The molecule has 2 aromatic heterocycles. The zero-order chi connectivity index (χ0) is 13.4. The van der Waals surface area contributed by atoms with Crippen LogP contribution in [0.1, 0.15) is 0 Å². The second-order valence-electron chi connectivity index (χ2n) is 4.95. The first-order chi connectivity index (χ1) is 9.93. The molecular weight excluding hydrogens is 322 g/mol. The van der Waals surface area contributed by atoms with Crippen LogP contribution in [0.5, 0.6) is 0 Å². The molecule has 0 saturated carbocycles. The van der Waals surface area contributed by atoms with Crippen molar-refractivity contribution in [3.05, 3.63) is 85.2 Å². The van der Waals surface area contributed by atoms with E-state index in [0.29, 0.717) is 0 Å². The van der Waals surface area contributed by atoms with Crippen LogP contribution in [0, 0.1) is 0 Å². The summed E-state index contributed by atoms with van der Waals surface area (Å²) >= 11 is 0. The Morgan fingerprint density at radius 3 is 2.10 bits per heavy atom. The molecule has 0 aliphatic carbocycles. The van der Waals surface area contributed by atoms with Crippen LogP contribution in [-0.4, -0.2) is 0 Å². The van der Waals surface area contributed by atoms with E-state index in [1.807, 2.05) is 0 Å². The topological polar surface area (TPSA) is 4.10 Å². The number of benzene rings is 2. The molecule has 0 unspecified atom stereocenters. The average Bonchev–Trinajstić information content (AvgIpc) is 2.55. The molecule has 0 saturated heterocycles. The van der Waals surface area contributed by atoms with Gasteiger partial charge in [-0.3, -0.25) is 0 Å². The van der Waals surface area contributed by atoms with Crippen molar-refractivity contribution < 1.29 is 21.4 Å². The molecule has 102 valence electrons. The molecule has 4 aromatic rings. The number of pyridine rings is 2. The van der Waals surface area contributed by atoms with Crippen LogP contribution in [0.25, 0.3) is 27.4 Å². The van der Waals surface area contributed by atoms with Crippen LogP contribution in [0.15, 0.2) is 85.2 Å². The van der Waals surface area contributed by atoms with Gasteiger partial charge in [-0.25, -0.2) is 0 Å². The van der Waals surface area contributed by atoms with Crippen LogP contribution < -0.4 is 21.4 Å². The van der Waals surface area contributed by atoms with E-state index in [-0.39, 0.29) is 17.0 Å².